The minimum atomic E-state index is 0.269. The Morgan fingerprint density at radius 3 is 2.96 bits per heavy atom. The van der Waals surface area contributed by atoms with Gasteiger partial charge in [0.25, 0.3) is 0 Å². The Hall–Kier alpha value is -2.47. The van der Waals surface area contributed by atoms with Gasteiger partial charge in [0.2, 0.25) is 12.2 Å². The number of thioether (sulfide) groups is 1. The van der Waals surface area contributed by atoms with Crippen molar-refractivity contribution in [1.29, 1.82) is 5.26 Å². The number of H-pyrrole nitrogens is 2. The highest BCUT2D eigenvalue weighted by Crippen LogP contribution is 2.13. The van der Waals surface area contributed by atoms with Gasteiger partial charge in [-0.05, 0) is 19.1 Å². The highest BCUT2D eigenvalue weighted by molar-refractivity contribution is 7.98. The molecule has 0 aliphatic carbocycles. The maximum Gasteiger partial charge on any atom is 0.209 e. The van der Waals surface area contributed by atoms with Gasteiger partial charge in [-0.1, -0.05) is 0 Å². The van der Waals surface area contributed by atoms with E-state index < -0.39 is 0 Å². The molecule has 0 unspecified atom stereocenters. The number of aromatic amines is 2. The van der Waals surface area contributed by atoms with Gasteiger partial charge in [0.15, 0.2) is 0 Å². The summed E-state index contributed by atoms with van der Waals surface area (Å²) in [5.74, 6) is 2.16. The zero-order valence-corrected chi connectivity index (χ0v) is 14.5. The van der Waals surface area contributed by atoms with Crippen LogP contribution in [0.4, 0.5) is 0 Å². The van der Waals surface area contributed by atoms with Crippen molar-refractivity contribution < 1.29 is 0 Å². The SMILES string of the molecule is Cc1[nH]cnc1CSCCCN(CCc1cnc[nH]1)C(N)=NC#N. The van der Waals surface area contributed by atoms with Crippen LogP contribution >= 0.6 is 11.8 Å². The third-order valence-corrected chi connectivity index (χ3v) is 4.64. The summed E-state index contributed by atoms with van der Waals surface area (Å²) < 4.78 is 0. The van der Waals surface area contributed by atoms with Crippen LogP contribution < -0.4 is 5.73 Å². The predicted octanol–water partition coefficient (Wildman–Crippen LogP) is 1.40. The first-order valence-electron chi connectivity index (χ1n) is 7.71. The number of aryl methyl sites for hydroxylation is 1. The molecule has 0 radical (unpaired) electrons. The fourth-order valence-electron chi connectivity index (χ4n) is 2.20. The Balaban J connectivity index is 1.74. The summed E-state index contributed by atoms with van der Waals surface area (Å²) in [6.45, 7) is 3.49. The van der Waals surface area contributed by atoms with Gasteiger partial charge in [-0.25, -0.2) is 9.97 Å². The number of aromatic nitrogens is 4. The molecule has 2 aromatic rings. The number of hydrogen-bond acceptors (Lipinski definition) is 5. The molecule has 0 saturated carbocycles. The fourth-order valence-corrected chi connectivity index (χ4v) is 3.16. The van der Waals surface area contributed by atoms with Crippen LogP contribution in [0.1, 0.15) is 23.5 Å². The molecule has 0 atom stereocenters. The summed E-state index contributed by atoms with van der Waals surface area (Å²) in [5, 5.41) is 8.70. The van der Waals surface area contributed by atoms with Gasteiger partial charge >= 0.3 is 0 Å². The smallest absolute Gasteiger partial charge is 0.209 e. The third-order valence-electron chi connectivity index (χ3n) is 3.58. The molecule has 2 aromatic heterocycles. The zero-order chi connectivity index (χ0) is 17.2. The Labute approximate surface area is 145 Å². The summed E-state index contributed by atoms with van der Waals surface area (Å²) in [6.07, 6.45) is 8.65. The van der Waals surface area contributed by atoms with Crippen molar-refractivity contribution in [3.05, 3.63) is 35.9 Å². The van der Waals surface area contributed by atoms with Gasteiger partial charge in [0.05, 0.1) is 18.3 Å². The molecule has 4 N–H and O–H groups in total. The largest absolute Gasteiger partial charge is 0.369 e. The summed E-state index contributed by atoms with van der Waals surface area (Å²) in [5.41, 5.74) is 9.14. The second-order valence-corrected chi connectivity index (χ2v) is 6.37. The second kappa shape index (κ2) is 9.62. The molecule has 0 bridgehead atoms. The number of hydrogen-bond donors (Lipinski definition) is 3. The van der Waals surface area contributed by atoms with Crippen molar-refractivity contribution in [2.75, 3.05) is 18.8 Å². The van der Waals surface area contributed by atoms with Crippen molar-refractivity contribution >= 4 is 17.7 Å². The number of nitrogens with two attached hydrogens (primary N) is 1. The van der Waals surface area contributed by atoms with Crippen LogP contribution in [0.5, 0.6) is 0 Å². The quantitative estimate of drug-likeness (QED) is 0.273. The lowest BCUT2D eigenvalue weighted by molar-refractivity contribution is 0.417. The number of imidazole rings is 2. The average Bonchev–Trinajstić information content (AvgIpc) is 3.22. The monoisotopic (exact) mass is 346 g/mol. The number of nitrogens with zero attached hydrogens (tertiary/aromatic N) is 5. The predicted molar refractivity (Wildman–Crippen MR) is 95.2 cm³/mol. The molecule has 24 heavy (non-hydrogen) atoms. The number of rotatable bonds is 9. The van der Waals surface area contributed by atoms with Crippen molar-refractivity contribution in [2.24, 2.45) is 10.7 Å². The van der Waals surface area contributed by atoms with Crippen LogP contribution in [0.2, 0.25) is 0 Å². The van der Waals surface area contributed by atoms with Crippen LogP contribution in [-0.2, 0) is 12.2 Å². The Morgan fingerprint density at radius 1 is 1.42 bits per heavy atom. The van der Waals surface area contributed by atoms with Crippen molar-refractivity contribution in [2.45, 2.75) is 25.5 Å². The van der Waals surface area contributed by atoms with Gasteiger partial charge in [0.1, 0.15) is 0 Å². The topological polar surface area (TPSA) is 123 Å². The molecule has 2 rings (SSSR count). The lowest BCUT2D eigenvalue weighted by atomic mass is 10.3. The van der Waals surface area contributed by atoms with E-state index >= 15 is 0 Å². The minimum Gasteiger partial charge on any atom is -0.369 e. The maximum absolute atomic E-state index is 8.70. The Kier molecular flexibility index (Phi) is 7.17. The summed E-state index contributed by atoms with van der Waals surface area (Å²) >= 11 is 1.84. The molecular weight excluding hydrogens is 324 g/mol. The molecule has 0 aromatic carbocycles. The van der Waals surface area contributed by atoms with Crippen LogP contribution in [-0.4, -0.2) is 49.6 Å². The Morgan fingerprint density at radius 2 is 2.29 bits per heavy atom. The molecule has 0 amide bonds. The van der Waals surface area contributed by atoms with E-state index in [9.17, 15) is 0 Å². The summed E-state index contributed by atoms with van der Waals surface area (Å²) in [6, 6.07) is 0. The molecule has 0 saturated heterocycles. The summed E-state index contributed by atoms with van der Waals surface area (Å²) in [7, 11) is 0. The van der Waals surface area contributed by atoms with Crippen molar-refractivity contribution in [3.63, 3.8) is 0 Å². The van der Waals surface area contributed by atoms with E-state index in [1.54, 1.807) is 25.0 Å². The standard InChI is InChI=1S/C15H22N8S/c1-12-14(22-11-20-12)8-24-6-2-4-23(15(17)19-9-16)5-3-13-7-18-10-21-13/h7,10-11H,2-6,8H2,1H3,(H2,17,19)(H,18,21)(H,20,22). The van der Waals surface area contributed by atoms with Crippen LogP contribution in [0.3, 0.4) is 0 Å². The highest BCUT2D eigenvalue weighted by atomic mass is 32.2. The number of guanidine groups is 1. The van der Waals surface area contributed by atoms with Gasteiger partial charge < -0.3 is 20.6 Å². The van der Waals surface area contributed by atoms with E-state index in [0.29, 0.717) is 6.54 Å². The van der Waals surface area contributed by atoms with E-state index in [1.807, 2.05) is 23.6 Å². The normalized spacial score (nSPS) is 11.4. The van der Waals surface area contributed by atoms with Crippen LogP contribution in [0.15, 0.2) is 23.8 Å². The lowest BCUT2D eigenvalue weighted by Gasteiger charge is -2.22. The van der Waals surface area contributed by atoms with Crippen molar-refractivity contribution in [1.82, 2.24) is 24.8 Å². The van der Waals surface area contributed by atoms with E-state index in [1.165, 1.54) is 0 Å². The molecule has 0 aliphatic rings. The molecule has 0 spiro atoms. The highest BCUT2D eigenvalue weighted by Gasteiger charge is 2.09. The Bertz CT molecular complexity index is 670. The molecule has 128 valence electrons. The minimum absolute atomic E-state index is 0.269. The van der Waals surface area contributed by atoms with Gasteiger partial charge in [0, 0.05) is 42.8 Å². The first kappa shape index (κ1) is 17.9. The van der Waals surface area contributed by atoms with Crippen LogP contribution in [0.25, 0.3) is 0 Å². The molecule has 0 aliphatic heterocycles. The lowest BCUT2D eigenvalue weighted by Crippen LogP contribution is -2.39. The molecule has 2 heterocycles. The van der Waals surface area contributed by atoms with Gasteiger partial charge in [-0.3, -0.25) is 0 Å². The fraction of sp³-hybridized carbons (Fsp3) is 0.467. The van der Waals surface area contributed by atoms with Crippen LogP contribution in [0, 0.1) is 18.4 Å². The summed E-state index contributed by atoms with van der Waals surface area (Å²) in [4.78, 5) is 20.0. The van der Waals surface area contributed by atoms with E-state index in [-0.39, 0.29) is 5.96 Å². The molecule has 0 fully saturated rings. The number of aliphatic imine (C=N–C) groups is 1. The number of nitriles is 1. The maximum atomic E-state index is 8.70. The van der Waals surface area contributed by atoms with E-state index in [4.69, 9.17) is 11.0 Å². The van der Waals surface area contributed by atoms with E-state index in [2.05, 4.69) is 24.9 Å². The zero-order valence-electron chi connectivity index (χ0n) is 13.7. The molecule has 8 nitrogen and oxygen atoms in total. The van der Waals surface area contributed by atoms with E-state index in [0.717, 1.165) is 48.0 Å². The first-order chi connectivity index (χ1) is 11.7. The third kappa shape index (κ3) is 5.62. The molecule has 9 heteroatoms. The van der Waals surface area contributed by atoms with Gasteiger partial charge in [-0.2, -0.15) is 17.0 Å². The average molecular weight is 346 g/mol. The second-order valence-electron chi connectivity index (χ2n) is 5.26. The molecular formula is C15H22N8S. The van der Waals surface area contributed by atoms with Crippen molar-refractivity contribution in [3.8, 4) is 6.19 Å². The van der Waals surface area contributed by atoms with Gasteiger partial charge in [-0.15, -0.1) is 4.99 Å². The number of nitrogens with one attached hydrogen (secondary N) is 2. The first-order valence-corrected chi connectivity index (χ1v) is 8.87.